The number of aliphatic carboxylic acids is 1. The molecule has 0 aromatic heterocycles. The second-order valence-corrected chi connectivity index (χ2v) is 5.09. The van der Waals surface area contributed by atoms with Crippen LogP contribution in [0.4, 0.5) is 4.79 Å². The summed E-state index contributed by atoms with van der Waals surface area (Å²) in [5, 5.41) is 14.4. The van der Waals surface area contributed by atoms with Crippen LogP contribution in [0.3, 0.4) is 0 Å². The highest BCUT2D eigenvalue weighted by Crippen LogP contribution is 2.38. The number of nitrogens with one attached hydrogen (secondary N) is 2. The van der Waals surface area contributed by atoms with E-state index >= 15 is 0 Å². The molecule has 5 heteroatoms. The number of urea groups is 1. The summed E-state index contributed by atoms with van der Waals surface area (Å²) in [7, 11) is 0. The third kappa shape index (κ3) is 5.64. The Kier molecular flexibility index (Phi) is 6.20. The van der Waals surface area contributed by atoms with Crippen LogP contribution in [0.25, 0.3) is 0 Å². The summed E-state index contributed by atoms with van der Waals surface area (Å²) in [6.45, 7) is 2.45. The maximum atomic E-state index is 11.6. The van der Waals surface area contributed by atoms with Gasteiger partial charge in [-0.15, -0.1) is 5.92 Å². The molecule has 1 aliphatic rings. The molecule has 106 valence electrons. The largest absolute Gasteiger partial charge is 0.481 e. The van der Waals surface area contributed by atoms with Gasteiger partial charge in [0.05, 0.1) is 13.0 Å². The third-order valence-corrected chi connectivity index (χ3v) is 3.58. The predicted octanol–water partition coefficient (Wildman–Crippen LogP) is 1.73. The van der Waals surface area contributed by atoms with E-state index in [1.54, 1.807) is 6.92 Å². The highest BCUT2D eigenvalue weighted by atomic mass is 16.4. The molecule has 1 saturated carbocycles. The first-order chi connectivity index (χ1) is 9.08. The lowest BCUT2D eigenvalue weighted by atomic mass is 9.72. The number of carbonyl (C=O) groups excluding carboxylic acids is 1. The van der Waals surface area contributed by atoms with Crippen molar-refractivity contribution in [2.24, 2.45) is 5.41 Å². The molecule has 1 aliphatic carbocycles. The molecule has 0 aromatic rings. The average Bonchev–Trinajstić information content (AvgIpc) is 2.37. The van der Waals surface area contributed by atoms with Crippen LogP contribution in [-0.4, -0.2) is 30.2 Å². The van der Waals surface area contributed by atoms with Crippen molar-refractivity contribution in [1.82, 2.24) is 10.6 Å². The summed E-state index contributed by atoms with van der Waals surface area (Å²) in [5.74, 6) is 4.64. The van der Waals surface area contributed by atoms with Gasteiger partial charge in [-0.2, -0.15) is 0 Å². The van der Waals surface area contributed by atoms with Crippen LogP contribution in [0.15, 0.2) is 0 Å². The molecule has 19 heavy (non-hydrogen) atoms. The fourth-order valence-corrected chi connectivity index (χ4v) is 2.58. The highest BCUT2D eigenvalue weighted by molar-refractivity contribution is 5.74. The Labute approximate surface area is 114 Å². The van der Waals surface area contributed by atoms with Gasteiger partial charge in [0.15, 0.2) is 0 Å². The van der Waals surface area contributed by atoms with Gasteiger partial charge in [-0.05, 0) is 25.2 Å². The van der Waals surface area contributed by atoms with Gasteiger partial charge >= 0.3 is 12.0 Å². The van der Waals surface area contributed by atoms with E-state index in [0.29, 0.717) is 13.1 Å². The van der Waals surface area contributed by atoms with Crippen LogP contribution in [-0.2, 0) is 4.79 Å². The topological polar surface area (TPSA) is 78.4 Å². The molecule has 0 unspecified atom stereocenters. The summed E-state index contributed by atoms with van der Waals surface area (Å²) in [4.78, 5) is 22.5. The minimum absolute atomic E-state index is 0.127. The third-order valence-electron chi connectivity index (χ3n) is 3.58. The zero-order chi connectivity index (χ0) is 14.1. The lowest BCUT2D eigenvalue weighted by molar-refractivity contribution is -0.140. The molecule has 0 aliphatic heterocycles. The van der Waals surface area contributed by atoms with Gasteiger partial charge in [0, 0.05) is 6.54 Å². The minimum atomic E-state index is -0.791. The zero-order valence-electron chi connectivity index (χ0n) is 11.4. The molecule has 1 fully saturated rings. The van der Waals surface area contributed by atoms with Crippen LogP contribution in [0.1, 0.15) is 45.4 Å². The predicted molar refractivity (Wildman–Crippen MR) is 72.6 cm³/mol. The van der Waals surface area contributed by atoms with Gasteiger partial charge in [-0.25, -0.2) is 4.79 Å². The van der Waals surface area contributed by atoms with E-state index < -0.39 is 5.97 Å². The Morgan fingerprint density at radius 3 is 2.47 bits per heavy atom. The number of hydrogen-bond acceptors (Lipinski definition) is 2. The van der Waals surface area contributed by atoms with Gasteiger partial charge in [0.25, 0.3) is 0 Å². The maximum absolute atomic E-state index is 11.6. The monoisotopic (exact) mass is 266 g/mol. The highest BCUT2D eigenvalue weighted by Gasteiger charge is 2.34. The van der Waals surface area contributed by atoms with Crippen LogP contribution >= 0.6 is 0 Å². The Morgan fingerprint density at radius 2 is 1.89 bits per heavy atom. The summed E-state index contributed by atoms with van der Waals surface area (Å²) >= 11 is 0. The normalized spacial score (nSPS) is 16.9. The first kappa shape index (κ1) is 15.4. The Hall–Kier alpha value is -1.70. The molecule has 0 radical (unpaired) electrons. The van der Waals surface area contributed by atoms with Crippen LogP contribution in [0.2, 0.25) is 0 Å². The number of carboxylic acids is 1. The van der Waals surface area contributed by atoms with Crippen molar-refractivity contribution in [1.29, 1.82) is 0 Å². The van der Waals surface area contributed by atoms with Crippen LogP contribution in [0.5, 0.6) is 0 Å². The van der Waals surface area contributed by atoms with E-state index in [1.807, 2.05) is 0 Å². The van der Waals surface area contributed by atoms with Gasteiger partial charge < -0.3 is 15.7 Å². The molecule has 0 heterocycles. The zero-order valence-corrected chi connectivity index (χ0v) is 11.4. The number of carbonyl (C=O) groups is 2. The van der Waals surface area contributed by atoms with Gasteiger partial charge in [0.1, 0.15) is 0 Å². The summed E-state index contributed by atoms with van der Waals surface area (Å²) in [6, 6.07) is -0.280. The summed E-state index contributed by atoms with van der Waals surface area (Å²) in [6.07, 6.45) is 5.10. The molecule has 1 rings (SSSR count). The number of amides is 2. The number of hydrogen-bond donors (Lipinski definition) is 3. The van der Waals surface area contributed by atoms with Crippen molar-refractivity contribution in [3.05, 3.63) is 0 Å². The first-order valence-corrected chi connectivity index (χ1v) is 6.71. The van der Waals surface area contributed by atoms with Crippen molar-refractivity contribution in [3.63, 3.8) is 0 Å². The quantitative estimate of drug-likeness (QED) is 0.663. The second kappa shape index (κ2) is 7.67. The van der Waals surface area contributed by atoms with Crippen LogP contribution < -0.4 is 10.6 Å². The molecule has 2 amide bonds. The first-order valence-electron chi connectivity index (χ1n) is 6.71. The van der Waals surface area contributed by atoms with Gasteiger partial charge in [-0.3, -0.25) is 4.79 Å². The minimum Gasteiger partial charge on any atom is -0.481 e. The molecule has 0 aromatic carbocycles. The number of rotatable bonds is 5. The van der Waals surface area contributed by atoms with Crippen LogP contribution in [0, 0.1) is 17.3 Å². The van der Waals surface area contributed by atoms with Crippen molar-refractivity contribution in [2.45, 2.75) is 45.4 Å². The maximum Gasteiger partial charge on any atom is 0.315 e. The molecular weight excluding hydrogens is 244 g/mol. The Balaban J connectivity index is 2.45. The molecule has 0 saturated heterocycles. The van der Waals surface area contributed by atoms with Crippen molar-refractivity contribution >= 4 is 12.0 Å². The fourth-order valence-electron chi connectivity index (χ4n) is 2.58. The Morgan fingerprint density at radius 1 is 1.21 bits per heavy atom. The van der Waals surface area contributed by atoms with Crippen molar-refractivity contribution in [2.75, 3.05) is 13.1 Å². The number of carboxylic acid groups (broad SMARTS) is 1. The molecule has 0 spiro atoms. The SMILES string of the molecule is CC#CCNC(=O)NCC1(CC(=O)O)CCCCC1. The molecule has 3 N–H and O–H groups in total. The molecule has 5 nitrogen and oxygen atoms in total. The lowest BCUT2D eigenvalue weighted by Crippen LogP contribution is -2.44. The van der Waals surface area contributed by atoms with E-state index in [1.165, 1.54) is 0 Å². The smallest absolute Gasteiger partial charge is 0.315 e. The van der Waals surface area contributed by atoms with Gasteiger partial charge in [0.2, 0.25) is 0 Å². The van der Waals surface area contributed by atoms with E-state index in [-0.39, 0.29) is 17.9 Å². The van der Waals surface area contributed by atoms with Gasteiger partial charge in [-0.1, -0.05) is 25.2 Å². The van der Waals surface area contributed by atoms with E-state index in [9.17, 15) is 9.59 Å². The molecule has 0 atom stereocenters. The standard InChI is InChI=1S/C14H22N2O3/c1-2-3-9-15-13(19)16-11-14(10-12(17)18)7-5-4-6-8-14/h4-11H2,1H3,(H,17,18)(H2,15,16,19). The Bertz CT molecular complexity index is 376. The molecular formula is C14H22N2O3. The average molecular weight is 266 g/mol. The van der Waals surface area contributed by atoms with Crippen molar-refractivity contribution in [3.8, 4) is 11.8 Å². The van der Waals surface area contributed by atoms with E-state index in [2.05, 4.69) is 22.5 Å². The second-order valence-electron chi connectivity index (χ2n) is 5.09. The van der Waals surface area contributed by atoms with E-state index in [0.717, 1.165) is 32.1 Å². The fraction of sp³-hybridized carbons (Fsp3) is 0.714. The molecule has 0 bridgehead atoms. The summed E-state index contributed by atoms with van der Waals surface area (Å²) < 4.78 is 0. The van der Waals surface area contributed by atoms with E-state index in [4.69, 9.17) is 5.11 Å². The summed E-state index contributed by atoms with van der Waals surface area (Å²) in [5.41, 5.74) is -0.280. The van der Waals surface area contributed by atoms with Crippen molar-refractivity contribution < 1.29 is 14.7 Å². The lowest BCUT2D eigenvalue weighted by Gasteiger charge is -2.36.